The summed E-state index contributed by atoms with van der Waals surface area (Å²) >= 11 is 4.86. The summed E-state index contributed by atoms with van der Waals surface area (Å²) in [4.78, 5) is 0.224. The molecule has 0 amide bonds. The molecule has 0 aliphatic carbocycles. The van der Waals surface area contributed by atoms with E-state index >= 15 is 0 Å². The van der Waals surface area contributed by atoms with Crippen LogP contribution in [0.5, 0.6) is 0 Å². The van der Waals surface area contributed by atoms with Crippen LogP contribution in [0.1, 0.15) is 12.5 Å². The molecule has 0 radical (unpaired) electrons. The lowest BCUT2D eigenvalue weighted by molar-refractivity contribution is 0.570. The second-order valence-corrected chi connectivity index (χ2v) is 7.60. The number of nitrogens with two attached hydrogens (primary N) is 1. The van der Waals surface area contributed by atoms with Gasteiger partial charge in [0.1, 0.15) is 0 Å². The van der Waals surface area contributed by atoms with E-state index in [1.165, 1.54) is 0 Å². The predicted molar refractivity (Wildman–Crippen MR) is 81.5 cm³/mol. The zero-order valence-corrected chi connectivity index (χ0v) is 13.7. The van der Waals surface area contributed by atoms with Crippen LogP contribution in [0.15, 0.2) is 21.5 Å². The van der Waals surface area contributed by atoms with E-state index in [9.17, 15) is 8.42 Å². The maximum atomic E-state index is 12.2. The number of hydrogen-bond donors (Lipinski definition) is 2. The summed E-state index contributed by atoms with van der Waals surface area (Å²) in [6.45, 7) is 3.54. The minimum atomic E-state index is -3.53. The zero-order chi connectivity index (χ0) is 13.9. The zero-order valence-electron chi connectivity index (χ0n) is 10.5. The monoisotopic (exact) mass is 352 g/mol. The van der Waals surface area contributed by atoms with Crippen molar-refractivity contribution in [3.63, 3.8) is 0 Å². The van der Waals surface area contributed by atoms with Crippen LogP contribution < -0.4 is 10.5 Å². The van der Waals surface area contributed by atoms with Gasteiger partial charge in [-0.3, -0.25) is 0 Å². The van der Waals surface area contributed by atoms with Gasteiger partial charge in [-0.1, -0.05) is 15.9 Å². The fourth-order valence-electron chi connectivity index (χ4n) is 1.57. The largest absolute Gasteiger partial charge is 0.398 e. The van der Waals surface area contributed by atoms with Crippen LogP contribution in [-0.4, -0.2) is 26.5 Å². The maximum absolute atomic E-state index is 12.2. The predicted octanol–water partition coefficient (Wildman–Crippen LogP) is 2.37. The fourth-order valence-corrected chi connectivity index (χ4v) is 4.42. The van der Waals surface area contributed by atoms with Gasteiger partial charge in [0.05, 0.1) is 4.90 Å². The Labute approximate surface area is 121 Å². The molecule has 7 heteroatoms. The topological polar surface area (TPSA) is 72.2 Å². The van der Waals surface area contributed by atoms with Crippen LogP contribution in [0.4, 0.5) is 5.69 Å². The Hall–Kier alpha value is -0.240. The number of halogens is 1. The molecule has 0 bridgehead atoms. The SMILES string of the molecule is CSCC(C)NS(=O)(=O)c1cc(Br)cc(N)c1C. The summed E-state index contributed by atoms with van der Waals surface area (Å²) in [6, 6.07) is 3.14. The van der Waals surface area contributed by atoms with Crippen LogP contribution in [0.25, 0.3) is 0 Å². The molecule has 0 saturated heterocycles. The number of anilines is 1. The lowest BCUT2D eigenvalue weighted by Crippen LogP contribution is -2.34. The molecule has 0 aliphatic rings. The van der Waals surface area contributed by atoms with E-state index in [1.807, 2.05) is 13.2 Å². The average Bonchev–Trinajstić information content (AvgIpc) is 2.22. The molecule has 0 aromatic heterocycles. The third kappa shape index (κ3) is 3.88. The molecule has 0 spiro atoms. The summed E-state index contributed by atoms with van der Waals surface area (Å²) in [7, 11) is -3.53. The lowest BCUT2D eigenvalue weighted by atomic mass is 10.2. The molecule has 1 atom stereocenters. The molecule has 4 nitrogen and oxygen atoms in total. The van der Waals surface area contributed by atoms with Crippen LogP contribution in [-0.2, 0) is 10.0 Å². The highest BCUT2D eigenvalue weighted by Gasteiger charge is 2.21. The van der Waals surface area contributed by atoms with Crippen LogP contribution in [0, 0.1) is 6.92 Å². The number of rotatable bonds is 5. The van der Waals surface area contributed by atoms with Gasteiger partial charge in [0.25, 0.3) is 0 Å². The second-order valence-electron chi connectivity index (χ2n) is 4.10. The average molecular weight is 353 g/mol. The quantitative estimate of drug-likeness (QED) is 0.798. The number of thioether (sulfide) groups is 1. The number of nitrogens with one attached hydrogen (secondary N) is 1. The second kappa shape index (κ2) is 6.27. The van der Waals surface area contributed by atoms with Gasteiger partial charge < -0.3 is 5.73 Å². The number of sulfonamides is 1. The molecule has 1 aromatic rings. The highest BCUT2D eigenvalue weighted by atomic mass is 79.9. The molecule has 3 N–H and O–H groups in total. The van der Waals surface area contributed by atoms with Crippen molar-refractivity contribution in [2.45, 2.75) is 24.8 Å². The molecule has 1 rings (SSSR count). The number of nitrogen functional groups attached to an aromatic ring is 1. The van der Waals surface area contributed by atoms with E-state index in [-0.39, 0.29) is 10.9 Å². The minimum absolute atomic E-state index is 0.121. The molecule has 1 aromatic carbocycles. The first-order valence-corrected chi connectivity index (χ1v) is 9.02. The van der Waals surface area contributed by atoms with E-state index in [2.05, 4.69) is 20.7 Å². The van der Waals surface area contributed by atoms with Crippen molar-refractivity contribution >= 4 is 43.4 Å². The van der Waals surface area contributed by atoms with Gasteiger partial charge in [0.2, 0.25) is 10.0 Å². The number of benzene rings is 1. The van der Waals surface area contributed by atoms with Crippen LogP contribution in [0.3, 0.4) is 0 Å². The van der Waals surface area contributed by atoms with Gasteiger partial charge in [-0.2, -0.15) is 11.8 Å². The maximum Gasteiger partial charge on any atom is 0.241 e. The Balaban J connectivity index is 3.13. The van der Waals surface area contributed by atoms with Gasteiger partial charge in [-0.25, -0.2) is 13.1 Å². The lowest BCUT2D eigenvalue weighted by Gasteiger charge is -2.15. The molecule has 102 valence electrons. The summed E-state index contributed by atoms with van der Waals surface area (Å²) in [5.74, 6) is 0.724. The summed E-state index contributed by atoms with van der Waals surface area (Å²) < 4.78 is 27.8. The minimum Gasteiger partial charge on any atom is -0.398 e. The summed E-state index contributed by atoms with van der Waals surface area (Å²) in [5, 5.41) is 0. The van der Waals surface area contributed by atoms with E-state index in [1.54, 1.807) is 30.8 Å². The van der Waals surface area contributed by atoms with E-state index < -0.39 is 10.0 Å². The van der Waals surface area contributed by atoms with Crippen molar-refractivity contribution in [1.29, 1.82) is 0 Å². The van der Waals surface area contributed by atoms with Crippen LogP contribution >= 0.6 is 27.7 Å². The van der Waals surface area contributed by atoms with E-state index in [0.29, 0.717) is 15.7 Å². The summed E-state index contributed by atoms with van der Waals surface area (Å²) in [5.41, 5.74) is 6.81. The molecular formula is C11H17BrN2O2S2. The fraction of sp³-hybridized carbons (Fsp3) is 0.455. The third-order valence-corrected chi connectivity index (χ3v) is 5.43. The van der Waals surface area contributed by atoms with E-state index in [4.69, 9.17) is 5.73 Å². The molecule has 0 aliphatic heterocycles. The Morgan fingerprint density at radius 2 is 2.11 bits per heavy atom. The first kappa shape index (κ1) is 15.8. The Morgan fingerprint density at radius 1 is 1.50 bits per heavy atom. The number of hydrogen-bond acceptors (Lipinski definition) is 4. The summed E-state index contributed by atoms with van der Waals surface area (Å²) in [6.07, 6.45) is 1.94. The van der Waals surface area contributed by atoms with Crippen molar-refractivity contribution in [3.8, 4) is 0 Å². The van der Waals surface area contributed by atoms with Crippen molar-refractivity contribution in [2.24, 2.45) is 0 Å². The normalized spacial score (nSPS) is 13.6. The van der Waals surface area contributed by atoms with Gasteiger partial charge in [-0.15, -0.1) is 0 Å². The van der Waals surface area contributed by atoms with Gasteiger partial charge >= 0.3 is 0 Å². The first-order valence-electron chi connectivity index (χ1n) is 5.35. The van der Waals surface area contributed by atoms with Crippen molar-refractivity contribution < 1.29 is 8.42 Å². The molecule has 0 saturated carbocycles. The van der Waals surface area contributed by atoms with Crippen molar-refractivity contribution in [2.75, 3.05) is 17.7 Å². The molecule has 1 unspecified atom stereocenters. The highest BCUT2D eigenvalue weighted by Crippen LogP contribution is 2.26. The van der Waals surface area contributed by atoms with Crippen molar-refractivity contribution in [1.82, 2.24) is 4.72 Å². The van der Waals surface area contributed by atoms with E-state index in [0.717, 1.165) is 5.75 Å². The van der Waals surface area contributed by atoms with Crippen LogP contribution in [0.2, 0.25) is 0 Å². The van der Waals surface area contributed by atoms with Gasteiger partial charge in [0, 0.05) is 22.0 Å². The third-order valence-electron chi connectivity index (χ3n) is 2.43. The Morgan fingerprint density at radius 3 is 2.67 bits per heavy atom. The Kier molecular flexibility index (Phi) is 5.51. The Bertz CT molecular complexity index is 532. The van der Waals surface area contributed by atoms with Crippen molar-refractivity contribution in [3.05, 3.63) is 22.2 Å². The smallest absolute Gasteiger partial charge is 0.241 e. The highest BCUT2D eigenvalue weighted by molar-refractivity contribution is 9.10. The molecule has 0 heterocycles. The molecule has 0 fully saturated rings. The van der Waals surface area contributed by atoms with Gasteiger partial charge in [-0.05, 0) is 37.8 Å². The molecular weight excluding hydrogens is 336 g/mol. The standard InChI is InChI=1S/C11H17BrN2O2S2/c1-7(6-17-3)14-18(15,16)11-5-9(12)4-10(13)8(11)2/h4-5,7,14H,6,13H2,1-3H3. The first-order chi connectivity index (χ1) is 8.27. The molecule has 18 heavy (non-hydrogen) atoms. The van der Waals surface area contributed by atoms with Gasteiger partial charge in [0.15, 0.2) is 0 Å².